The van der Waals surface area contributed by atoms with Gasteiger partial charge in [-0.05, 0) is 44.0 Å². The first-order valence-electron chi connectivity index (χ1n) is 8.97. The van der Waals surface area contributed by atoms with Gasteiger partial charge in [0.05, 0.1) is 10.9 Å². The summed E-state index contributed by atoms with van der Waals surface area (Å²) >= 11 is 5.77. The SMILES string of the molecule is CC(C)C(=O)N1CCC(NC(=O)[C@H](C)NS(=O)(=O)c2ccc(Cl)cc2)CC1. The third-order valence-electron chi connectivity index (χ3n) is 4.50. The number of piperidine rings is 1. The molecule has 0 radical (unpaired) electrons. The summed E-state index contributed by atoms with van der Waals surface area (Å²) in [5.41, 5.74) is 0. The Hall–Kier alpha value is -1.64. The molecular weight excluding hydrogens is 390 g/mol. The maximum Gasteiger partial charge on any atom is 0.241 e. The molecule has 2 rings (SSSR count). The number of sulfonamides is 1. The number of hydrogen-bond acceptors (Lipinski definition) is 4. The third-order valence-corrected chi connectivity index (χ3v) is 6.30. The molecule has 9 heteroatoms. The fourth-order valence-corrected chi connectivity index (χ4v) is 4.23. The second-order valence-corrected chi connectivity index (χ2v) is 9.21. The molecule has 1 saturated heterocycles. The van der Waals surface area contributed by atoms with Gasteiger partial charge in [-0.1, -0.05) is 25.4 Å². The molecule has 27 heavy (non-hydrogen) atoms. The molecule has 1 atom stereocenters. The van der Waals surface area contributed by atoms with E-state index in [9.17, 15) is 18.0 Å². The summed E-state index contributed by atoms with van der Waals surface area (Å²) in [4.78, 5) is 26.2. The van der Waals surface area contributed by atoms with E-state index in [-0.39, 0.29) is 28.7 Å². The summed E-state index contributed by atoms with van der Waals surface area (Å²) in [5, 5.41) is 3.30. The van der Waals surface area contributed by atoms with Crippen molar-refractivity contribution in [3.63, 3.8) is 0 Å². The molecule has 2 N–H and O–H groups in total. The lowest BCUT2D eigenvalue weighted by Gasteiger charge is -2.33. The molecule has 0 saturated carbocycles. The van der Waals surface area contributed by atoms with Crippen molar-refractivity contribution in [3.05, 3.63) is 29.3 Å². The van der Waals surface area contributed by atoms with Crippen molar-refractivity contribution in [2.75, 3.05) is 13.1 Å². The van der Waals surface area contributed by atoms with Crippen LogP contribution in [0.2, 0.25) is 5.02 Å². The second-order valence-electron chi connectivity index (χ2n) is 7.06. The highest BCUT2D eigenvalue weighted by molar-refractivity contribution is 7.89. The minimum Gasteiger partial charge on any atom is -0.352 e. The van der Waals surface area contributed by atoms with Crippen LogP contribution in [0.3, 0.4) is 0 Å². The molecule has 0 unspecified atom stereocenters. The van der Waals surface area contributed by atoms with E-state index in [1.165, 1.54) is 31.2 Å². The van der Waals surface area contributed by atoms with Crippen LogP contribution in [0.1, 0.15) is 33.6 Å². The van der Waals surface area contributed by atoms with Gasteiger partial charge in [-0.25, -0.2) is 8.42 Å². The van der Waals surface area contributed by atoms with Crippen LogP contribution in [0.4, 0.5) is 0 Å². The van der Waals surface area contributed by atoms with Crippen LogP contribution in [-0.4, -0.2) is 50.3 Å². The molecule has 2 amide bonds. The fourth-order valence-electron chi connectivity index (χ4n) is 2.90. The van der Waals surface area contributed by atoms with E-state index in [1.807, 2.05) is 13.8 Å². The lowest BCUT2D eigenvalue weighted by atomic mass is 10.0. The third kappa shape index (κ3) is 5.92. The molecule has 1 heterocycles. The van der Waals surface area contributed by atoms with Crippen molar-refractivity contribution < 1.29 is 18.0 Å². The molecule has 0 bridgehead atoms. The summed E-state index contributed by atoms with van der Waals surface area (Å²) in [7, 11) is -3.81. The van der Waals surface area contributed by atoms with Gasteiger partial charge in [0.15, 0.2) is 0 Å². The molecule has 7 nitrogen and oxygen atoms in total. The van der Waals surface area contributed by atoms with E-state index >= 15 is 0 Å². The number of carbonyl (C=O) groups excluding carboxylic acids is 2. The zero-order chi connectivity index (χ0) is 20.2. The lowest BCUT2D eigenvalue weighted by molar-refractivity contribution is -0.135. The van der Waals surface area contributed by atoms with Gasteiger partial charge in [-0.2, -0.15) is 4.72 Å². The van der Waals surface area contributed by atoms with Gasteiger partial charge in [-0.3, -0.25) is 9.59 Å². The van der Waals surface area contributed by atoms with Crippen LogP contribution < -0.4 is 10.0 Å². The van der Waals surface area contributed by atoms with E-state index in [0.717, 1.165) is 0 Å². The second kappa shape index (κ2) is 9.03. The number of benzene rings is 1. The zero-order valence-electron chi connectivity index (χ0n) is 15.7. The molecule has 1 aromatic rings. The summed E-state index contributed by atoms with van der Waals surface area (Å²) in [6, 6.07) is 4.74. The lowest BCUT2D eigenvalue weighted by Crippen LogP contribution is -2.52. The van der Waals surface area contributed by atoms with Gasteiger partial charge < -0.3 is 10.2 Å². The molecule has 1 aliphatic heterocycles. The first-order valence-corrected chi connectivity index (χ1v) is 10.8. The first kappa shape index (κ1) is 21.7. The molecule has 150 valence electrons. The predicted molar refractivity (Wildman–Crippen MR) is 104 cm³/mol. The van der Waals surface area contributed by atoms with E-state index in [1.54, 1.807) is 4.90 Å². The number of carbonyl (C=O) groups is 2. The van der Waals surface area contributed by atoms with Gasteiger partial charge in [0.25, 0.3) is 0 Å². The van der Waals surface area contributed by atoms with E-state index < -0.39 is 16.1 Å². The van der Waals surface area contributed by atoms with Crippen LogP contribution in [-0.2, 0) is 19.6 Å². The average molecular weight is 416 g/mol. The Morgan fingerprint density at radius 3 is 2.19 bits per heavy atom. The van der Waals surface area contributed by atoms with Crippen molar-refractivity contribution in [2.45, 2.75) is 50.6 Å². The van der Waals surface area contributed by atoms with Gasteiger partial charge in [0.1, 0.15) is 0 Å². The van der Waals surface area contributed by atoms with Crippen LogP contribution in [0.5, 0.6) is 0 Å². The molecule has 1 aliphatic rings. The summed E-state index contributed by atoms with van der Waals surface area (Å²) < 4.78 is 27.1. The van der Waals surface area contributed by atoms with Gasteiger partial charge in [0, 0.05) is 30.1 Å². The Bertz CT molecular complexity index is 772. The minimum absolute atomic E-state index is 0.0431. The topological polar surface area (TPSA) is 95.6 Å². The van der Waals surface area contributed by atoms with E-state index in [0.29, 0.717) is 31.0 Å². The number of halogens is 1. The number of hydrogen-bond donors (Lipinski definition) is 2. The van der Waals surface area contributed by atoms with Crippen molar-refractivity contribution in [2.24, 2.45) is 5.92 Å². The Morgan fingerprint density at radius 2 is 1.67 bits per heavy atom. The zero-order valence-corrected chi connectivity index (χ0v) is 17.3. The van der Waals surface area contributed by atoms with E-state index in [4.69, 9.17) is 11.6 Å². The average Bonchev–Trinajstić information content (AvgIpc) is 2.61. The fraction of sp³-hybridized carbons (Fsp3) is 0.556. The van der Waals surface area contributed by atoms with Crippen LogP contribution in [0, 0.1) is 5.92 Å². The maximum atomic E-state index is 12.4. The molecule has 0 aromatic heterocycles. The Labute approximate surface area is 165 Å². The standard InChI is InChI=1S/C18H26ClN3O4S/c1-12(2)18(24)22-10-8-15(9-11-22)20-17(23)13(3)21-27(25,26)16-6-4-14(19)5-7-16/h4-7,12-13,15,21H,8-11H2,1-3H3,(H,20,23)/t13-/m0/s1. The number of nitrogens with zero attached hydrogens (tertiary/aromatic N) is 1. The molecule has 1 fully saturated rings. The molecule has 1 aromatic carbocycles. The van der Waals surface area contributed by atoms with E-state index in [2.05, 4.69) is 10.0 Å². The van der Waals surface area contributed by atoms with Crippen molar-refractivity contribution in [1.82, 2.24) is 14.9 Å². The number of likely N-dealkylation sites (tertiary alicyclic amines) is 1. The number of rotatable bonds is 6. The van der Waals surface area contributed by atoms with Crippen LogP contribution in [0.15, 0.2) is 29.2 Å². The highest BCUT2D eigenvalue weighted by Gasteiger charge is 2.27. The van der Waals surface area contributed by atoms with Gasteiger partial charge >= 0.3 is 0 Å². The largest absolute Gasteiger partial charge is 0.352 e. The highest BCUT2D eigenvalue weighted by Crippen LogP contribution is 2.15. The number of nitrogens with one attached hydrogen (secondary N) is 2. The minimum atomic E-state index is -3.81. The van der Waals surface area contributed by atoms with Crippen molar-refractivity contribution in [3.8, 4) is 0 Å². The molecule has 0 spiro atoms. The smallest absolute Gasteiger partial charge is 0.241 e. The maximum absolute atomic E-state index is 12.4. The Kier molecular flexibility index (Phi) is 7.25. The predicted octanol–water partition coefficient (Wildman–Crippen LogP) is 1.77. The van der Waals surface area contributed by atoms with Crippen molar-refractivity contribution in [1.29, 1.82) is 0 Å². The van der Waals surface area contributed by atoms with Crippen LogP contribution >= 0.6 is 11.6 Å². The molecule has 0 aliphatic carbocycles. The van der Waals surface area contributed by atoms with Gasteiger partial charge in [0.2, 0.25) is 21.8 Å². The summed E-state index contributed by atoms with van der Waals surface area (Å²) in [6.07, 6.45) is 1.31. The summed E-state index contributed by atoms with van der Waals surface area (Å²) in [6.45, 7) is 6.41. The Morgan fingerprint density at radius 1 is 1.11 bits per heavy atom. The molecular formula is C18H26ClN3O4S. The van der Waals surface area contributed by atoms with Crippen LogP contribution in [0.25, 0.3) is 0 Å². The quantitative estimate of drug-likeness (QED) is 0.740. The first-order chi connectivity index (χ1) is 12.6. The number of amides is 2. The van der Waals surface area contributed by atoms with Gasteiger partial charge in [-0.15, -0.1) is 0 Å². The highest BCUT2D eigenvalue weighted by atomic mass is 35.5. The summed E-state index contributed by atoms with van der Waals surface area (Å²) in [5.74, 6) is -0.316. The van der Waals surface area contributed by atoms with Crippen molar-refractivity contribution >= 4 is 33.4 Å². The monoisotopic (exact) mass is 415 g/mol. The normalized spacial score (nSPS) is 17.0. The Balaban J connectivity index is 1.87.